The highest BCUT2D eigenvalue weighted by Gasteiger charge is 2.35. The summed E-state index contributed by atoms with van der Waals surface area (Å²) in [5.74, 6) is 2.04. The number of nitrogens with zero attached hydrogens (tertiary/aromatic N) is 1. The molecule has 0 radical (unpaired) electrons. The van der Waals surface area contributed by atoms with E-state index in [1.54, 1.807) is 0 Å². The Hall–Kier alpha value is 0.230. The topological polar surface area (TPSA) is 35.5 Å². The lowest BCUT2D eigenvalue weighted by Gasteiger charge is -2.36. The monoisotopic (exact) mass is 256 g/mol. The molecule has 0 aromatic carbocycles. The summed E-state index contributed by atoms with van der Waals surface area (Å²) in [6.45, 7) is 3.38. The number of thioether (sulfide) groups is 1. The summed E-state index contributed by atoms with van der Waals surface area (Å²) in [6, 6.07) is 1.47. The molecule has 0 amide bonds. The molecule has 3 atom stereocenters. The van der Waals surface area contributed by atoms with E-state index < -0.39 is 5.60 Å². The highest BCUT2D eigenvalue weighted by atomic mass is 32.2. The van der Waals surface area contributed by atoms with Crippen molar-refractivity contribution in [1.82, 2.24) is 10.2 Å². The van der Waals surface area contributed by atoms with Crippen LogP contribution in [0.4, 0.5) is 0 Å². The van der Waals surface area contributed by atoms with Crippen LogP contribution in [-0.2, 0) is 0 Å². The third-order valence-corrected chi connectivity index (χ3v) is 5.86. The van der Waals surface area contributed by atoms with Gasteiger partial charge in [-0.3, -0.25) is 0 Å². The van der Waals surface area contributed by atoms with Crippen LogP contribution >= 0.6 is 11.8 Å². The van der Waals surface area contributed by atoms with Gasteiger partial charge in [-0.1, -0.05) is 0 Å². The highest BCUT2D eigenvalue weighted by Crippen LogP contribution is 2.29. The number of rotatable bonds is 3. The van der Waals surface area contributed by atoms with Gasteiger partial charge in [0.15, 0.2) is 0 Å². The molecule has 3 fully saturated rings. The van der Waals surface area contributed by atoms with Crippen molar-refractivity contribution in [2.75, 3.05) is 31.1 Å². The van der Waals surface area contributed by atoms with Crippen molar-refractivity contribution in [3.05, 3.63) is 0 Å². The minimum absolute atomic E-state index is 0.419. The third-order valence-electron chi connectivity index (χ3n) is 4.62. The van der Waals surface area contributed by atoms with Crippen LogP contribution in [0.5, 0.6) is 0 Å². The van der Waals surface area contributed by atoms with E-state index in [-0.39, 0.29) is 0 Å². The zero-order valence-corrected chi connectivity index (χ0v) is 11.3. The second-order valence-corrected chi connectivity index (χ2v) is 7.07. The molecular formula is C13H24N2OS. The Morgan fingerprint density at radius 3 is 3.12 bits per heavy atom. The van der Waals surface area contributed by atoms with Gasteiger partial charge in [-0.2, -0.15) is 11.8 Å². The van der Waals surface area contributed by atoms with Crippen molar-refractivity contribution < 1.29 is 5.11 Å². The summed E-state index contributed by atoms with van der Waals surface area (Å²) in [6.07, 6.45) is 6.30. The van der Waals surface area contributed by atoms with Crippen molar-refractivity contribution >= 4 is 11.8 Å². The van der Waals surface area contributed by atoms with Gasteiger partial charge in [0.25, 0.3) is 0 Å². The largest absolute Gasteiger partial charge is 0.388 e. The Morgan fingerprint density at radius 1 is 1.35 bits per heavy atom. The summed E-state index contributed by atoms with van der Waals surface area (Å²) in [5, 5.41) is 13.9. The lowest BCUT2D eigenvalue weighted by molar-refractivity contribution is 0.0586. The molecule has 0 unspecified atom stereocenters. The van der Waals surface area contributed by atoms with E-state index in [0.29, 0.717) is 6.04 Å². The van der Waals surface area contributed by atoms with Crippen molar-refractivity contribution in [1.29, 1.82) is 0 Å². The number of aliphatic hydroxyl groups is 1. The van der Waals surface area contributed by atoms with Crippen LogP contribution in [0, 0.1) is 0 Å². The molecule has 98 valence electrons. The van der Waals surface area contributed by atoms with E-state index in [1.165, 1.54) is 38.8 Å². The van der Waals surface area contributed by atoms with Gasteiger partial charge in [0, 0.05) is 24.4 Å². The minimum atomic E-state index is -0.419. The molecule has 0 spiro atoms. The van der Waals surface area contributed by atoms with Crippen molar-refractivity contribution in [2.24, 2.45) is 0 Å². The average Bonchev–Trinajstić information content (AvgIpc) is 2.95. The first-order valence-corrected chi connectivity index (χ1v) is 8.18. The summed E-state index contributed by atoms with van der Waals surface area (Å²) >= 11 is 1.88. The molecule has 3 saturated heterocycles. The second kappa shape index (κ2) is 5.08. The molecule has 0 saturated carbocycles. The summed E-state index contributed by atoms with van der Waals surface area (Å²) in [7, 11) is 0. The quantitative estimate of drug-likeness (QED) is 0.792. The summed E-state index contributed by atoms with van der Waals surface area (Å²) in [4.78, 5) is 2.65. The van der Waals surface area contributed by atoms with Crippen molar-refractivity contribution in [3.8, 4) is 0 Å². The number of fused-ring (bicyclic) bond motifs is 1. The van der Waals surface area contributed by atoms with Crippen LogP contribution in [-0.4, -0.2) is 58.8 Å². The first kappa shape index (κ1) is 12.3. The Balaban J connectivity index is 1.46. The fourth-order valence-electron chi connectivity index (χ4n) is 3.48. The number of hydrogen-bond donors (Lipinski definition) is 2. The van der Waals surface area contributed by atoms with E-state index in [2.05, 4.69) is 10.2 Å². The molecule has 3 nitrogen and oxygen atoms in total. The highest BCUT2D eigenvalue weighted by molar-refractivity contribution is 7.99. The van der Waals surface area contributed by atoms with Crippen molar-refractivity contribution in [2.45, 2.75) is 49.8 Å². The molecular weight excluding hydrogens is 232 g/mol. The molecule has 0 bridgehead atoms. The van der Waals surface area contributed by atoms with Gasteiger partial charge in [-0.15, -0.1) is 0 Å². The number of nitrogens with one attached hydrogen (secondary N) is 1. The first-order chi connectivity index (χ1) is 8.25. The van der Waals surface area contributed by atoms with Gasteiger partial charge in [0.2, 0.25) is 0 Å². The van der Waals surface area contributed by atoms with Gasteiger partial charge >= 0.3 is 0 Å². The molecule has 17 heavy (non-hydrogen) atoms. The molecule has 3 heterocycles. The normalized spacial score (nSPS) is 42.9. The second-order valence-electron chi connectivity index (χ2n) is 5.96. The third kappa shape index (κ3) is 2.80. The van der Waals surface area contributed by atoms with Gasteiger partial charge in [-0.25, -0.2) is 0 Å². The molecule has 3 aliphatic rings. The predicted molar refractivity (Wildman–Crippen MR) is 72.5 cm³/mol. The maximum Gasteiger partial charge on any atom is 0.0869 e. The van der Waals surface area contributed by atoms with E-state index in [1.807, 2.05) is 11.8 Å². The van der Waals surface area contributed by atoms with Crippen LogP contribution in [0.2, 0.25) is 0 Å². The fourth-order valence-corrected chi connectivity index (χ4v) is 4.77. The Labute approximate surface area is 108 Å². The maximum atomic E-state index is 10.3. The number of piperidine rings is 1. The molecule has 3 rings (SSSR count). The predicted octanol–water partition coefficient (Wildman–Crippen LogP) is 1.07. The van der Waals surface area contributed by atoms with Gasteiger partial charge in [-0.05, 0) is 50.9 Å². The average molecular weight is 256 g/mol. The molecule has 2 N–H and O–H groups in total. The lowest BCUT2D eigenvalue weighted by Crippen LogP contribution is -2.50. The molecule has 4 heteroatoms. The lowest BCUT2D eigenvalue weighted by atomic mass is 9.96. The first-order valence-electron chi connectivity index (χ1n) is 7.03. The number of hydrogen-bond acceptors (Lipinski definition) is 4. The molecule has 3 aliphatic heterocycles. The minimum Gasteiger partial charge on any atom is -0.388 e. The van der Waals surface area contributed by atoms with E-state index in [0.717, 1.165) is 30.5 Å². The fraction of sp³-hybridized carbons (Fsp3) is 1.00. The van der Waals surface area contributed by atoms with Crippen molar-refractivity contribution in [3.63, 3.8) is 0 Å². The van der Waals surface area contributed by atoms with E-state index in [9.17, 15) is 5.11 Å². The van der Waals surface area contributed by atoms with E-state index in [4.69, 9.17) is 0 Å². The van der Waals surface area contributed by atoms with Crippen LogP contribution in [0.1, 0.15) is 32.1 Å². The smallest absolute Gasteiger partial charge is 0.0869 e. The summed E-state index contributed by atoms with van der Waals surface area (Å²) in [5.41, 5.74) is -0.419. The van der Waals surface area contributed by atoms with E-state index >= 15 is 0 Å². The molecule has 0 aromatic heterocycles. The molecule has 0 aromatic rings. The van der Waals surface area contributed by atoms with Gasteiger partial charge in [0.05, 0.1) is 5.60 Å². The zero-order chi connectivity index (χ0) is 11.7. The molecule has 0 aliphatic carbocycles. The Morgan fingerprint density at radius 2 is 2.29 bits per heavy atom. The maximum absolute atomic E-state index is 10.3. The summed E-state index contributed by atoms with van der Waals surface area (Å²) < 4.78 is 0. The van der Waals surface area contributed by atoms with Crippen LogP contribution in [0.15, 0.2) is 0 Å². The van der Waals surface area contributed by atoms with Crippen LogP contribution in [0.3, 0.4) is 0 Å². The SMILES string of the molecule is O[C@]1(CN[C@H]2CCN3CCC[C@@H]3C2)CCSC1. The standard InChI is InChI=1S/C13H24N2OS/c16-13(4-7-17-10-13)9-14-11-3-6-15-5-1-2-12(15)8-11/h11-12,14,16H,1-10H2/t11-,12+,13-/m0/s1. The van der Waals surface area contributed by atoms with Crippen LogP contribution in [0.25, 0.3) is 0 Å². The van der Waals surface area contributed by atoms with Crippen LogP contribution < -0.4 is 5.32 Å². The Bertz CT molecular complexity index is 268. The van der Waals surface area contributed by atoms with Gasteiger partial charge in [0.1, 0.15) is 0 Å². The van der Waals surface area contributed by atoms with Gasteiger partial charge < -0.3 is 15.3 Å². The zero-order valence-electron chi connectivity index (χ0n) is 10.5. The Kier molecular flexibility index (Phi) is 3.67.